The van der Waals surface area contributed by atoms with Gasteiger partial charge in [0.15, 0.2) is 0 Å². The van der Waals surface area contributed by atoms with E-state index in [0.29, 0.717) is 12.1 Å². The van der Waals surface area contributed by atoms with Crippen LogP contribution in [0.1, 0.15) is 50.5 Å². The first-order valence-electron chi connectivity index (χ1n) is 8.68. The average molecular weight is 317 g/mol. The summed E-state index contributed by atoms with van der Waals surface area (Å²) in [5, 5.41) is 8.14. The van der Waals surface area contributed by atoms with Gasteiger partial charge in [-0.2, -0.15) is 5.10 Å². The van der Waals surface area contributed by atoms with Crippen molar-refractivity contribution in [1.29, 1.82) is 0 Å². The Morgan fingerprint density at radius 3 is 3.13 bits per heavy atom. The number of aryl methyl sites for hydroxylation is 2. The number of aromatic nitrogens is 2. The Labute approximate surface area is 138 Å². The third kappa shape index (κ3) is 4.24. The van der Waals surface area contributed by atoms with Crippen molar-refractivity contribution >= 4 is 0 Å². The van der Waals surface area contributed by atoms with Crippen LogP contribution in [0.25, 0.3) is 0 Å². The summed E-state index contributed by atoms with van der Waals surface area (Å²) in [5.74, 6) is 1.05. The lowest BCUT2D eigenvalue weighted by Crippen LogP contribution is -2.43. The monoisotopic (exact) mass is 317 g/mol. The number of nitrogens with zero attached hydrogens (tertiary/aromatic N) is 2. The van der Waals surface area contributed by atoms with E-state index < -0.39 is 0 Å². The zero-order valence-electron chi connectivity index (χ0n) is 14.1. The van der Waals surface area contributed by atoms with Crippen LogP contribution in [0, 0.1) is 0 Å². The molecule has 0 amide bonds. The van der Waals surface area contributed by atoms with Gasteiger partial charge in [0, 0.05) is 43.4 Å². The summed E-state index contributed by atoms with van der Waals surface area (Å²) in [6, 6.07) is 4.77. The quantitative estimate of drug-likeness (QED) is 0.851. The maximum atomic E-state index is 6.05. The molecule has 1 aliphatic rings. The number of rotatable bonds is 7. The number of nitrogens with one attached hydrogen (secondary N) is 1. The van der Waals surface area contributed by atoms with Crippen LogP contribution in [0.3, 0.4) is 0 Å². The van der Waals surface area contributed by atoms with Gasteiger partial charge in [-0.3, -0.25) is 4.68 Å². The first kappa shape index (κ1) is 16.3. The Balaban J connectivity index is 1.57. The van der Waals surface area contributed by atoms with Crippen molar-refractivity contribution in [2.24, 2.45) is 0 Å². The van der Waals surface area contributed by atoms with E-state index in [0.717, 1.165) is 44.6 Å². The van der Waals surface area contributed by atoms with Crippen molar-refractivity contribution < 1.29 is 9.15 Å². The minimum atomic E-state index is 0.107. The molecule has 3 atom stereocenters. The van der Waals surface area contributed by atoms with Crippen molar-refractivity contribution in [3.05, 3.63) is 42.1 Å². The van der Waals surface area contributed by atoms with Gasteiger partial charge < -0.3 is 14.5 Å². The molecule has 23 heavy (non-hydrogen) atoms. The molecular formula is C18H27N3O2. The second-order valence-electron chi connectivity index (χ2n) is 6.36. The minimum absolute atomic E-state index is 0.107. The van der Waals surface area contributed by atoms with Crippen molar-refractivity contribution in [3.8, 4) is 0 Å². The van der Waals surface area contributed by atoms with E-state index in [9.17, 15) is 0 Å². The lowest BCUT2D eigenvalue weighted by Gasteiger charge is -2.34. The van der Waals surface area contributed by atoms with Gasteiger partial charge in [-0.05, 0) is 45.2 Å². The van der Waals surface area contributed by atoms with E-state index in [1.165, 1.54) is 5.56 Å². The summed E-state index contributed by atoms with van der Waals surface area (Å²) in [7, 11) is 0. The number of hydrogen-bond acceptors (Lipinski definition) is 4. The molecule has 126 valence electrons. The van der Waals surface area contributed by atoms with Crippen LogP contribution >= 0.6 is 0 Å². The standard InChI is InChI=1S/C18H27N3O2/c1-3-21-13-15(12-19-21)18-17(7-5-11-23-18)20-14(2)8-9-16-6-4-10-22-16/h4,6,10,12-14,17-18,20H,3,5,7-9,11H2,1-2H3/t14-,17-,18+/m0/s1. The van der Waals surface area contributed by atoms with Crippen LogP contribution in [0.15, 0.2) is 35.2 Å². The highest BCUT2D eigenvalue weighted by Gasteiger charge is 2.29. The predicted octanol–water partition coefficient (Wildman–Crippen LogP) is 3.33. The Bertz CT molecular complexity index is 579. The first-order valence-corrected chi connectivity index (χ1v) is 8.68. The van der Waals surface area contributed by atoms with Crippen LogP contribution < -0.4 is 5.32 Å². The lowest BCUT2D eigenvalue weighted by atomic mass is 9.96. The molecule has 1 fully saturated rings. The molecule has 2 aromatic heterocycles. The van der Waals surface area contributed by atoms with E-state index in [1.807, 2.05) is 23.0 Å². The Kier molecular flexibility index (Phi) is 5.51. The molecule has 0 aliphatic carbocycles. The molecule has 1 aliphatic heterocycles. The van der Waals surface area contributed by atoms with Crippen molar-refractivity contribution in [3.63, 3.8) is 0 Å². The predicted molar refractivity (Wildman–Crippen MR) is 89.2 cm³/mol. The van der Waals surface area contributed by atoms with Gasteiger partial charge in [0.05, 0.1) is 12.5 Å². The fourth-order valence-corrected chi connectivity index (χ4v) is 3.24. The van der Waals surface area contributed by atoms with Gasteiger partial charge in [0.2, 0.25) is 0 Å². The molecule has 1 N–H and O–H groups in total. The Morgan fingerprint density at radius 2 is 2.39 bits per heavy atom. The topological polar surface area (TPSA) is 52.2 Å². The summed E-state index contributed by atoms with van der Waals surface area (Å²) in [5.41, 5.74) is 1.18. The maximum absolute atomic E-state index is 6.05. The third-order valence-corrected chi connectivity index (χ3v) is 4.53. The highest BCUT2D eigenvalue weighted by Crippen LogP contribution is 2.28. The minimum Gasteiger partial charge on any atom is -0.469 e. The molecule has 0 radical (unpaired) electrons. The molecule has 0 aromatic carbocycles. The number of hydrogen-bond donors (Lipinski definition) is 1. The zero-order valence-corrected chi connectivity index (χ0v) is 14.1. The fraction of sp³-hybridized carbons (Fsp3) is 0.611. The van der Waals surface area contributed by atoms with E-state index >= 15 is 0 Å². The summed E-state index contributed by atoms with van der Waals surface area (Å²) in [6.45, 7) is 6.07. The van der Waals surface area contributed by atoms with Crippen LogP contribution in [0.4, 0.5) is 0 Å². The highest BCUT2D eigenvalue weighted by molar-refractivity contribution is 5.12. The maximum Gasteiger partial charge on any atom is 0.103 e. The Hall–Kier alpha value is -1.59. The second-order valence-corrected chi connectivity index (χ2v) is 6.36. The first-order chi connectivity index (χ1) is 11.3. The molecular weight excluding hydrogens is 290 g/mol. The number of ether oxygens (including phenoxy) is 1. The smallest absolute Gasteiger partial charge is 0.103 e. The van der Waals surface area contributed by atoms with Crippen LogP contribution in [-0.4, -0.2) is 28.5 Å². The SMILES string of the molecule is CCn1cc([C@H]2OCCC[C@@H]2N[C@@H](C)CCc2ccco2)cn1. The molecule has 0 unspecified atom stereocenters. The van der Waals surface area contributed by atoms with Gasteiger partial charge in [-0.1, -0.05) is 0 Å². The van der Waals surface area contributed by atoms with E-state index in [2.05, 4.69) is 30.5 Å². The molecule has 2 aromatic rings. The molecule has 0 bridgehead atoms. The van der Waals surface area contributed by atoms with E-state index in [4.69, 9.17) is 9.15 Å². The van der Waals surface area contributed by atoms with Crippen molar-refractivity contribution in [1.82, 2.24) is 15.1 Å². The van der Waals surface area contributed by atoms with E-state index in [-0.39, 0.29) is 6.10 Å². The molecule has 0 spiro atoms. The molecule has 3 heterocycles. The molecule has 5 nitrogen and oxygen atoms in total. The number of furan rings is 1. The molecule has 3 rings (SSSR count). The third-order valence-electron chi connectivity index (χ3n) is 4.53. The van der Waals surface area contributed by atoms with Gasteiger partial charge in [0.25, 0.3) is 0 Å². The summed E-state index contributed by atoms with van der Waals surface area (Å²) in [6.07, 6.45) is 10.2. The molecule has 1 saturated heterocycles. The summed E-state index contributed by atoms with van der Waals surface area (Å²) < 4.78 is 13.4. The highest BCUT2D eigenvalue weighted by atomic mass is 16.5. The van der Waals surface area contributed by atoms with Gasteiger partial charge in [0.1, 0.15) is 11.9 Å². The van der Waals surface area contributed by atoms with Crippen LogP contribution in [-0.2, 0) is 17.7 Å². The molecule has 5 heteroatoms. The van der Waals surface area contributed by atoms with Gasteiger partial charge in [-0.25, -0.2) is 0 Å². The van der Waals surface area contributed by atoms with Crippen LogP contribution in [0.5, 0.6) is 0 Å². The normalized spacial score (nSPS) is 23.0. The largest absolute Gasteiger partial charge is 0.469 e. The van der Waals surface area contributed by atoms with E-state index in [1.54, 1.807) is 6.26 Å². The lowest BCUT2D eigenvalue weighted by molar-refractivity contribution is -0.0136. The fourth-order valence-electron chi connectivity index (χ4n) is 3.24. The molecule has 0 saturated carbocycles. The van der Waals surface area contributed by atoms with Crippen molar-refractivity contribution in [2.45, 2.75) is 64.3 Å². The van der Waals surface area contributed by atoms with Gasteiger partial charge >= 0.3 is 0 Å². The average Bonchev–Trinajstić information content (AvgIpc) is 3.25. The Morgan fingerprint density at radius 1 is 1.48 bits per heavy atom. The second kappa shape index (κ2) is 7.79. The van der Waals surface area contributed by atoms with Gasteiger partial charge in [-0.15, -0.1) is 0 Å². The van der Waals surface area contributed by atoms with Crippen molar-refractivity contribution in [2.75, 3.05) is 6.61 Å². The summed E-state index contributed by atoms with van der Waals surface area (Å²) >= 11 is 0. The van der Waals surface area contributed by atoms with Crippen LogP contribution in [0.2, 0.25) is 0 Å². The summed E-state index contributed by atoms with van der Waals surface area (Å²) in [4.78, 5) is 0. The zero-order chi connectivity index (χ0) is 16.1.